The van der Waals surface area contributed by atoms with Crippen molar-refractivity contribution in [3.63, 3.8) is 0 Å². The quantitative estimate of drug-likeness (QED) is 0.590. The Bertz CT molecular complexity index is 774. The van der Waals surface area contributed by atoms with Crippen molar-refractivity contribution in [1.29, 1.82) is 0 Å². The highest BCUT2D eigenvalue weighted by Gasteiger charge is 2.28. The molecule has 0 radical (unpaired) electrons. The van der Waals surface area contributed by atoms with Gasteiger partial charge in [-0.25, -0.2) is 13.1 Å². The number of hydrogen-bond donors (Lipinski definition) is 3. The van der Waals surface area contributed by atoms with Crippen LogP contribution in [0.3, 0.4) is 0 Å². The van der Waals surface area contributed by atoms with Crippen LogP contribution in [0.2, 0.25) is 0 Å². The summed E-state index contributed by atoms with van der Waals surface area (Å²) in [6, 6.07) is 4.71. The number of aryl methyl sites for hydroxylation is 1. The molecule has 27 heavy (non-hydrogen) atoms. The number of nitrogens with one attached hydrogen (secondary N) is 2. The Morgan fingerprint density at radius 2 is 1.93 bits per heavy atom. The summed E-state index contributed by atoms with van der Waals surface area (Å²) in [5.41, 5.74) is 1.15. The predicted molar refractivity (Wildman–Crippen MR) is 104 cm³/mol. The van der Waals surface area contributed by atoms with Gasteiger partial charge in [0, 0.05) is 18.2 Å². The van der Waals surface area contributed by atoms with Crippen LogP contribution in [0, 0.1) is 12.8 Å². The smallest absolute Gasteiger partial charge is 0.251 e. The number of rotatable bonds is 8. The Balaban J connectivity index is 1.55. The Labute approximate surface area is 161 Å². The summed E-state index contributed by atoms with van der Waals surface area (Å²) in [6.07, 6.45) is 7.45. The largest absolute Gasteiger partial charge is 0.393 e. The molecule has 2 saturated carbocycles. The third-order valence-electron chi connectivity index (χ3n) is 5.57. The zero-order valence-corrected chi connectivity index (χ0v) is 16.7. The second-order valence-electron chi connectivity index (χ2n) is 7.88. The Kier molecular flexibility index (Phi) is 6.55. The fourth-order valence-electron chi connectivity index (χ4n) is 3.69. The first-order chi connectivity index (χ1) is 12.9. The Morgan fingerprint density at radius 3 is 2.63 bits per heavy atom. The van der Waals surface area contributed by atoms with Gasteiger partial charge in [0.25, 0.3) is 5.91 Å². The molecule has 0 bridgehead atoms. The fraction of sp³-hybridized carbons (Fsp3) is 0.650. The van der Waals surface area contributed by atoms with Gasteiger partial charge in [0.2, 0.25) is 10.0 Å². The van der Waals surface area contributed by atoms with E-state index in [0.29, 0.717) is 18.0 Å². The molecule has 0 aromatic heterocycles. The first kappa shape index (κ1) is 20.3. The van der Waals surface area contributed by atoms with Crippen LogP contribution in [0.1, 0.15) is 67.3 Å². The van der Waals surface area contributed by atoms with E-state index in [1.165, 1.54) is 12.5 Å². The molecular formula is C20H30N2O4S. The van der Waals surface area contributed by atoms with Gasteiger partial charge in [0.05, 0.1) is 11.0 Å². The van der Waals surface area contributed by atoms with Crippen LogP contribution in [-0.2, 0) is 10.0 Å². The average Bonchev–Trinajstić information content (AvgIpc) is 3.43. The maximum Gasteiger partial charge on any atom is 0.251 e. The van der Waals surface area contributed by atoms with Gasteiger partial charge >= 0.3 is 0 Å². The molecule has 0 saturated heterocycles. The van der Waals surface area contributed by atoms with Gasteiger partial charge in [-0.1, -0.05) is 18.9 Å². The molecule has 2 atom stereocenters. The van der Waals surface area contributed by atoms with E-state index in [1.807, 2.05) is 0 Å². The number of hydrogen-bond acceptors (Lipinski definition) is 4. The van der Waals surface area contributed by atoms with Crippen LogP contribution in [0.25, 0.3) is 0 Å². The molecule has 2 aliphatic rings. The van der Waals surface area contributed by atoms with E-state index in [4.69, 9.17) is 0 Å². The topological polar surface area (TPSA) is 95.5 Å². The third-order valence-corrected chi connectivity index (χ3v) is 7.09. The summed E-state index contributed by atoms with van der Waals surface area (Å²) in [5, 5.41) is 12.9. The van der Waals surface area contributed by atoms with Crippen molar-refractivity contribution in [2.24, 2.45) is 5.92 Å². The van der Waals surface area contributed by atoms with E-state index < -0.39 is 10.0 Å². The zero-order valence-electron chi connectivity index (χ0n) is 15.9. The first-order valence-corrected chi connectivity index (χ1v) is 11.4. The van der Waals surface area contributed by atoms with Crippen LogP contribution in [0.5, 0.6) is 0 Å². The molecule has 7 heteroatoms. The molecule has 6 nitrogen and oxygen atoms in total. The monoisotopic (exact) mass is 394 g/mol. The number of carbonyl (C=O) groups excluding carboxylic acids is 1. The molecule has 0 aliphatic heterocycles. The minimum absolute atomic E-state index is 0.0312. The number of amides is 1. The standard InChI is InChI=1S/C20H30N2O4S/c1-14-8-11-17(27(25,26)22-16-9-10-16)13-18(14)20(24)21-12-4-6-15-5-2-3-7-19(15)23/h8,11,13,15-16,19,22-23H,2-7,9-10,12H2,1H3,(H,21,24)/t15-,19-/m0/s1. The number of benzene rings is 1. The van der Waals surface area contributed by atoms with Gasteiger partial charge in [-0.05, 0) is 69.1 Å². The lowest BCUT2D eigenvalue weighted by atomic mass is 9.83. The molecule has 1 amide bonds. The average molecular weight is 395 g/mol. The van der Waals surface area contributed by atoms with Gasteiger partial charge in [-0.3, -0.25) is 4.79 Å². The van der Waals surface area contributed by atoms with Crippen molar-refractivity contribution in [1.82, 2.24) is 10.0 Å². The second-order valence-corrected chi connectivity index (χ2v) is 9.60. The van der Waals surface area contributed by atoms with E-state index in [9.17, 15) is 18.3 Å². The Morgan fingerprint density at radius 1 is 1.19 bits per heavy atom. The van der Waals surface area contributed by atoms with E-state index in [1.54, 1.807) is 19.1 Å². The lowest BCUT2D eigenvalue weighted by molar-refractivity contribution is 0.0641. The van der Waals surface area contributed by atoms with Crippen molar-refractivity contribution in [2.45, 2.75) is 75.3 Å². The lowest BCUT2D eigenvalue weighted by Crippen LogP contribution is -2.29. The minimum atomic E-state index is -3.57. The van der Waals surface area contributed by atoms with Crippen LogP contribution >= 0.6 is 0 Å². The molecule has 2 fully saturated rings. The SMILES string of the molecule is Cc1ccc(S(=O)(=O)NC2CC2)cc1C(=O)NCCC[C@@H]1CCCC[C@@H]1O. The van der Waals surface area contributed by atoms with Crippen molar-refractivity contribution in [2.75, 3.05) is 6.54 Å². The summed E-state index contributed by atoms with van der Waals surface area (Å²) in [6.45, 7) is 2.33. The number of sulfonamides is 1. The van der Waals surface area contributed by atoms with Gasteiger partial charge in [-0.15, -0.1) is 0 Å². The maximum absolute atomic E-state index is 12.5. The van der Waals surface area contributed by atoms with E-state index >= 15 is 0 Å². The van der Waals surface area contributed by atoms with Gasteiger partial charge in [0.1, 0.15) is 0 Å². The van der Waals surface area contributed by atoms with E-state index in [2.05, 4.69) is 10.0 Å². The molecule has 3 rings (SSSR count). The number of aliphatic hydroxyl groups is 1. The van der Waals surface area contributed by atoms with Crippen LogP contribution < -0.4 is 10.0 Å². The third kappa shape index (κ3) is 5.53. The van der Waals surface area contributed by atoms with Crippen molar-refractivity contribution in [3.8, 4) is 0 Å². The van der Waals surface area contributed by atoms with Gasteiger partial charge in [-0.2, -0.15) is 0 Å². The molecule has 150 valence electrons. The van der Waals surface area contributed by atoms with Crippen LogP contribution in [0.15, 0.2) is 23.1 Å². The molecule has 0 spiro atoms. The summed E-state index contributed by atoms with van der Waals surface area (Å²) >= 11 is 0. The number of aliphatic hydroxyl groups excluding tert-OH is 1. The highest BCUT2D eigenvalue weighted by molar-refractivity contribution is 7.89. The van der Waals surface area contributed by atoms with Crippen LogP contribution in [0.4, 0.5) is 0 Å². The summed E-state index contributed by atoms with van der Waals surface area (Å²) < 4.78 is 27.4. The van der Waals surface area contributed by atoms with Crippen molar-refractivity contribution >= 4 is 15.9 Å². The molecule has 1 aromatic carbocycles. The molecule has 1 aromatic rings. The van der Waals surface area contributed by atoms with Gasteiger partial charge in [0.15, 0.2) is 0 Å². The zero-order chi connectivity index (χ0) is 19.4. The second kappa shape index (κ2) is 8.71. The summed E-state index contributed by atoms with van der Waals surface area (Å²) in [4.78, 5) is 12.7. The predicted octanol–water partition coefficient (Wildman–Crippen LogP) is 2.50. The lowest BCUT2D eigenvalue weighted by Gasteiger charge is -2.27. The summed E-state index contributed by atoms with van der Waals surface area (Å²) in [7, 11) is -3.57. The first-order valence-electron chi connectivity index (χ1n) is 9.96. The highest BCUT2D eigenvalue weighted by Crippen LogP contribution is 2.27. The minimum Gasteiger partial charge on any atom is -0.393 e. The van der Waals surface area contributed by atoms with E-state index in [-0.39, 0.29) is 22.9 Å². The molecule has 2 aliphatic carbocycles. The Hall–Kier alpha value is -1.44. The molecule has 0 heterocycles. The normalized spacial score (nSPS) is 23.2. The highest BCUT2D eigenvalue weighted by atomic mass is 32.2. The molecule has 3 N–H and O–H groups in total. The number of carbonyl (C=O) groups is 1. The van der Waals surface area contributed by atoms with E-state index in [0.717, 1.165) is 50.5 Å². The maximum atomic E-state index is 12.5. The molecule has 0 unspecified atom stereocenters. The van der Waals surface area contributed by atoms with Gasteiger partial charge < -0.3 is 10.4 Å². The fourth-order valence-corrected chi connectivity index (χ4v) is 5.02. The van der Waals surface area contributed by atoms with Crippen LogP contribution in [-0.4, -0.2) is 38.1 Å². The van der Waals surface area contributed by atoms with Crippen molar-refractivity contribution < 1.29 is 18.3 Å². The molecular weight excluding hydrogens is 364 g/mol. The summed E-state index contributed by atoms with van der Waals surface area (Å²) in [5.74, 6) is 0.0829. The van der Waals surface area contributed by atoms with Crippen molar-refractivity contribution in [3.05, 3.63) is 29.3 Å².